The van der Waals surface area contributed by atoms with Crippen LogP contribution in [-0.4, -0.2) is 36.5 Å². The molecular formula is C14H20N2O2. The Hall–Kier alpha value is -1.39. The first-order valence-electron chi connectivity index (χ1n) is 6.42. The minimum atomic E-state index is 0.0545. The fourth-order valence-electron chi connectivity index (χ4n) is 2.32. The van der Waals surface area contributed by atoms with Gasteiger partial charge in [0.05, 0.1) is 6.61 Å². The van der Waals surface area contributed by atoms with Crippen LogP contribution in [0.3, 0.4) is 0 Å². The number of rotatable bonds is 5. The van der Waals surface area contributed by atoms with Crippen LogP contribution >= 0.6 is 0 Å². The summed E-state index contributed by atoms with van der Waals surface area (Å²) in [6.45, 7) is 1.99. The van der Waals surface area contributed by atoms with Crippen molar-refractivity contribution in [1.82, 2.24) is 4.90 Å². The van der Waals surface area contributed by atoms with Crippen molar-refractivity contribution in [1.29, 1.82) is 0 Å². The average Bonchev–Trinajstić information content (AvgIpc) is 2.88. The number of carbonyl (C=O) groups excluding carboxylic acids is 1. The number of benzene rings is 1. The van der Waals surface area contributed by atoms with Crippen molar-refractivity contribution in [3.05, 3.63) is 35.9 Å². The SMILES string of the molecule is NCC1CCCN1C(=O)COCc1ccccc1. The smallest absolute Gasteiger partial charge is 0.248 e. The molecule has 1 aromatic rings. The number of likely N-dealkylation sites (tertiary alicyclic amines) is 1. The van der Waals surface area contributed by atoms with E-state index in [0.717, 1.165) is 24.9 Å². The molecule has 0 radical (unpaired) electrons. The van der Waals surface area contributed by atoms with E-state index in [1.807, 2.05) is 35.2 Å². The lowest BCUT2D eigenvalue weighted by Crippen LogP contribution is -2.41. The molecule has 4 heteroatoms. The zero-order chi connectivity index (χ0) is 12.8. The van der Waals surface area contributed by atoms with Gasteiger partial charge in [-0.1, -0.05) is 30.3 Å². The maximum atomic E-state index is 12.0. The Bertz CT molecular complexity index is 381. The Morgan fingerprint density at radius 1 is 1.39 bits per heavy atom. The highest BCUT2D eigenvalue weighted by Gasteiger charge is 2.27. The summed E-state index contributed by atoms with van der Waals surface area (Å²) in [5.41, 5.74) is 6.73. The van der Waals surface area contributed by atoms with Crippen molar-refractivity contribution < 1.29 is 9.53 Å². The van der Waals surface area contributed by atoms with Crippen LogP contribution in [0.1, 0.15) is 18.4 Å². The molecule has 1 fully saturated rings. The van der Waals surface area contributed by atoms with Gasteiger partial charge >= 0.3 is 0 Å². The Labute approximate surface area is 108 Å². The van der Waals surface area contributed by atoms with Crippen LogP contribution in [0.4, 0.5) is 0 Å². The molecule has 1 aliphatic heterocycles. The number of nitrogens with zero attached hydrogens (tertiary/aromatic N) is 1. The van der Waals surface area contributed by atoms with Crippen LogP contribution < -0.4 is 5.73 Å². The second kappa shape index (κ2) is 6.52. The van der Waals surface area contributed by atoms with Crippen LogP contribution in [-0.2, 0) is 16.1 Å². The van der Waals surface area contributed by atoms with E-state index in [4.69, 9.17) is 10.5 Å². The topological polar surface area (TPSA) is 55.6 Å². The van der Waals surface area contributed by atoms with Crippen LogP contribution in [0.5, 0.6) is 0 Å². The van der Waals surface area contributed by atoms with Gasteiger partial charge in [-0.15, -0.1) is 0 Å². The van der Waals surface area contributed by atoms with Gasteiger partial charge in [-0.3, -0.25) is 4.79 Å². The van der Waals surface area contributed by atoms with Gasteiger partial charge in [0.2, 0.25) is 5.91 Å². The summed E-state index contributed by atoms with van der Waals surface area (Å²) in [5, 5.41) is 0. The van der Waals surface area contributed by atoms with Gasteiger partial charge in [0, 0.05) is 19.1 Å². The van der Waals surface area contributed by atoms with Gasteiger partial charge in [-0.05, 0) is 18.4 Å². The highest BCUT2D eigenvalue weighted by atomic mass is 16.5. The van der Waals surface area contributed by atoms with Crippen molar-refractivity contribution in [2.24, 2.45) is 5.73 Å². The summed E-state index contributed by atoms with van der Waals surface area (Å²) in [4.78, 5) is 13.8. The second-order valence-electron chi connectivity index (χ2n) is 4.60. The Balaban J connectivity index is 1.75. The minimum absolute atomic E-state index is 0.0545. The number of amides is 1. The molecule has 0 spiro atoms. The molecule has 18 heavy (non-hydrogen) atoms. The molecule has 1 unspecified atom stereocenters. The van der Waals surface area contributed by atoms with Gasteiger partial charge in [0.25, 0.3) is 0 Å². The molecule has 1 aromatic carbocycles. The van der Waals surface area contributed by atoms with Gasteiger partial charge in [-0.25, -0.2) is 0 Å². The van der Waals surface area contributed by atoms with Crippen molar-refractivity contribution in [3.63, 3.8) is 0 Å². The van der Waals surface area contributed by atoms with E-state index >= 15 is 0 Å². The summed E-state index contributed by atoms with van der Waals surface area (Å²) < 4.78 is 5.45. The fourth-order valence-corrected chi connectivity index (χ4v) is 2.32. The molecular weight excluding hydrogens is 228 g/mol. The molecule has 0 aromatic heterocycles. The molecule has 1 heterocycles. The van der Waals surface area contributed by atoms with Gasteiger partial charge in [-0.2, -0.15) is 0 Å². The van der Waals surface area contributed by atoms with E-state index in [1.54, 1.807) is 0 Å². The van der Waals surface area contributed by atoms with Crippen LogP contribution in [0.25, 0.3) is 0 Å². The third-order valence-corrected chi connectivity index (χ3v) is 3.31. The van der Waals surface area contributed by atoms with E-state index < -0.39 is 0 Å². The molecule has 98 valence electrons. The monoisotopic (exact) mass is 248 g/mol. The molecule has 1 atom stereocenters. The Morgan fingerprint density at radius 3 is 2.89 bits per heavy atom. The quantitative estimate of drug-likeness (QED) is 0.850. The lowest BCUT2D eigenvalue weighted by Gasteiger charge is -2.23. The van der Waals surface area contributed by atoms with Crippen LogP contribution in [0, 0.1) is 0 Å². The predicted molar refractivity (Wildman–Crippen MR) is 69.9 cm³/mol. The first-order valence-corrected chi connectivity index (χ1v) is 6.42. The maximum absolute atomic E-state index is 12.0. The lowest BCUT2D eigenvalue weighted by atomic mass is 10.2. The summed E-state index contributed by atoms with van der Waals surface area (Å²) in [6.07, 6.45) is 2.06. The molecule has 0 saturated carbocycles. The first-order chi connectivity index (χ1) is 8.81. The average molecular weight is 248 g/mol. The Kier molecular flexibility index (Phi) is 4.73. The zero-order valence-corrected chi connectivity index (χ0v) is 10.5. The minimum Gasteiger partial charge on any atom is -0.367 e. The third kappa shape index (κ3) is 3.31. The summed E-state index contributed by atoms with van der Waals surface area (Å²) in [6, 6.07) is 10.1. The van der Waals surface area contributed by atoms with Crippen LogP contribution in [0.2, 0.25) is 0 Å². The Morgan fingerprint density at radius 2 is 2.17 bits per heavy atom. The lowest BCUT2D eigenvalue weighted by molar-refractivity contribution is -0.137. The standard InChI is InChI=1S/C14H20N2O2/c15-9-13-7-4-8-16(13)14(17)11-18-10-12-5-2-1-3-6-12/h1-3,5-6,13H,4,7-11,15H2. The van der Waals surface area contributed by atoms with Crippen LogP contribution in [0.15, 0.2) is 30.3 Å². The predicted octanol–water partition coefficient (Wildman–Crippen LogP) is 1.15. The van der Waals surface area contributed by atoms with E-state index in [9.17, 15) is 4.79 Å². The van der Waals surface area contributed by atoms with Crippen molar-refractivity contribution >= 4 is 5.91 Å². The van der Waals surface area contributed by atoms with Crippen molar-refractivity contribution in [2.45, 2.75) is 25.5 Å². The molecule has 1 saturated heterocycles. The normalized spacial score (nSPS) is 19.2. The van der Waals surface area contributed by atoms with Crippen molar-refractivity contribution in [2.75, 3.05) is 19.7 Å². The molecule has 4 nitrogen and oxygen atoms in total. The second-order valence-corrected chi connectivity index (χ2v) is 4.60. The molecule has 1 amide bonds. The van der Waals surface area contributed by atoms with E-state index in [0.29, 0.717) is 13.2 Å². The number of nitrogens with two attached hydrogens (primary N) is 1. The highest BCUT2D eigenvalue weighted by Crippen LogP contribution is 2.16. The zero-order valence-electron chi connectivity index (χ0n) is 10.5. The number of hydrogen-bond donors (Lipinski definition) is 1. The van der Waals surface area contributed by atoms with Gasteiger partial charge in [0.15, 0.2) is 0 Å². The van der Waals surface area contributed by atoms with Gasteiger partial charge < -0.3 is 15.4 Å². The molecule has 2 rings (SSSR count). The summed E-state index contributed by atoms with van der Waals surface area (Å²) in [7, 11) is 0. The number of ether oxygens (including phenoxy) is 1. The summed E-state index contributed by atoms with van der Waals surface area (Å²) in [5.74, 6) is 0.0545. The van der Waals surface area contributed by atoms with Crippen molar-refractivity contribution in [3.8, 4) is 0 Å². The number of carbonyl (C=O) groups is 1. The third-order valence-electron chi connectivity index (χ3n) is 3.31. The van der Waals surface area contributed by atoms with E-state index in [1.165, 1.54) is 0 Å². The number of hydrogen-bond acceptors (Lipinski definition) is 3. The van der Waals surface area contributed by atoms with Gasteiger partial charge in [0.1, 0.15) is 6.61 Å². The maximum Gasteiger partial charge on any atom is 0.248 e. The molecule has 1 aliphatic rings. The molecule has 2 N–H and O–H groups in total. The summed E-state index contributed by atoms with van der Waals surface area (Å²) >= 11 is 0. The van der Waals surface area contributed by atoms with E-state index in [2.05, 4.69) is 0 Å². The highest BCUT2D eigenvalue weighted by molar-refractivity contribution is 5.78. The first kappa shape index (κ1) is 13.1. The molecule has 0 bridgehead atoms. The molecule has 0 aliphatic carbocycles. The van der Waals surface area contributed by atoms with E-state index in [-0.39, 0.29) is 18.6 Å². The fraction of sp³-hybridized carbons (Fsp3) is 0.500. The largest absolute Gasteiger partial charge is 0.367 e.